The minimum atomic E-state index is -3.17. The molecule has 44 heavy (non-hydrogen) atoms. The van der Waals surface area contributed by atoms with E-state index in [2.05, 4.69) is 169 Å². The Hall–Kier alpha value is -4.17. The van der Waals surface area contributed by atoms with Crippen molar-refractivity contribution in [2.75, 3.05) is 0 Å². The molecular formula is C42H39ClSi. The molecule has 0 fully saturated rings. The molecule has 0 unspecified atom stereocenters. The Bertz CT molecular complexity index is 1730. The lowest BCUT2D eigenvalue weighted by molar-refractivity contribution is 1.38. The second-order valence-corrected chi connectivity index (χ2v) is 16.6. The molecular weight excluding hydrogens is 568 g/mol. The summed E-state index contributed by atoms with van der Waals surface area (Å²) in [7, 11) is -3.17. The van der Waals surface area contributed by atoms with Crippen molar-refractivity contribution in [3.8, 4) is 33.4 Å². The molecule has 0 aliphatic heterocycles. The fourth-order valence-electron chi connectivity index (χ4n) is 7.30. The third-order valence-electron chi connectivity index (χ3n) is 9.31. The average Bonchev–Trinajstić information content (AvgIpc) is 3.02. The second kappa shape index (κ2) is 12.1. The SMILES string of the molecule is Cc1ccc(-c2ccccc2)c(C)c1[Si](Cl)(c1c(C)ccc(-c2ccccc2)c1C)c1c(C)ccc(-c2ccccc2)c1C. The number of benzene rings is 6. The normalized spacial score (nSPS) is 11.5. The van der Waals surface area contributed by atoms with Crippen molar-refractivity contribution in [3.05, 3.63) is 161 Å². The van der Waals surface area contributed by atoms with Gasteiger partial charge in [0.2, 0.25) is 7.38 Å². The van der Waals surface area contributed by atoms with Gasteiger partial charge in [-0.05, 0) is 124 Å². The zero-order valence-corrected chi connectivity index (χ0v) is 28.3. The monoisotopic (exact) mass is 606 g/mol. The topological polar surface area (TPSA) is 0 Å². The smallest absolute Gasteiger partial charge is 0.149 e. The first-order valence-corrected chi connectivity index (χ1v) is 18.4. The van der Waals surface area contributed by atoms with Gasteiger partial charge in [0.25, 0.3) is 0 Å². The molecule has 0 saturated carbocycles. The standard InChI is InChI=1S/C42H39ClSi/c1-28-22-25-37(34-16-10-7-11-17-34)31(4)40(28)44(43,41-29(2)23-26-38(32(41)5)35-18-12-8-13-19-35)42-30(3)24-27-39(33(42)6)36-20-14-9-15-21-36/h7-27H,1-6H3. The molecule has 6 aromatic carbocycles. The lowest BCUT2D eigenvalue weighted by Gasteiger charge is -2.36. The van der Waals surface area contributed by atoms with Crippen LogP contribution >= 0.6 is 11.1 Å². The fraction of sp³-hybridized carbons (Fsp3) is 0.143. The summed E-state index contributed by atoms with van der Waals surface area (Å²) < 4.78 is 0. The highest BCUT2D eigenvalue weighted by Crippen LogP contribution is 2.33. The summed E-state index contributed by atoms with van der Waals surface area (Å²) in [4.78, 5) is 0. The molecule has 0 radical (unpaired) electrons. The second-order valence-electron chi connectivity index (χ2n) is 12.0. The van der Waals surface area contributed by atoms with Crippen molar-refractivity contribution >= 4 is 34.0 Å². The van der Waals surface area contributed by atoms with Gasteiger partial charge in [-0.3, -0.25) is 0 Å². The van der Waals surface area contributed by atoms with Gasteiger partial charge in [0, 0.05) is 0 Å². The van der Waals surface area contributed by atoms with Crippen molar-refractivity contribution in [1.29, 1.82) is 0 Å². The Morgan fingerprint density at radius 3 is 0.841 bits per heavy atom. The van der Waals surface area contributed by atoms with Crippen LogP contribution in [0.3, 0.4) is 0 Å². The number of aryl methyl sites for hydroxylation is 3. The Balaban J connectivity index is 1.76. The van der Waals surface area contributed by atoms with Gasteiger partial charge in [0.1, 0.15) is 0 Å². The molecule has 0 amide bonds. The highest BCUT2D eigenvalue weighted by Gasteiger charge is 2.45. The molecule has 0 aliphatic carbocycles. The maximum Gasteiger partial charge on any atom is 0.249 e. The van der Waals surface area contributed by atoms with E-state index in [9.17, 15) is 0 Å². The number of halogens is 1. The maximum absolute atomic E-state index is 8.66. The van der Waals surface area contributed by atoms with Crippen LogP contribution in [0.15, 0.2) is 127 Å². The third-order valence-corrected chi connectivity index (χ3v) is 15.4. The highest BCUT2D eigenvalue weighted by atomic mass is 35.6. The molecule has 0 nitrogen and oxygen atoms in total. The quantitative estimate of drug-likeness (QED) is 0.101. The van der Waals surface area contributed by atoms with E-state index in [1.807, 2.05) is 0 Å². The lowest BCUT2D eigenvalue weighted by atomic mass is 9.98. The molecule has 6 aromatic rings. The van der Waals surface area contributed by atoms with Gasteiger partial charge in [-0.25, -0.2) is 0 Å². The molecule has 0 saturated heterocycles. The summed E-state index contributed by atoms with van der Waals surface area (Å²) in [5.41, 5.74) is 14.9. The lowest BCUT2D eigenvalue weighted by Crippen LogP contribution is -2.67. The van der Waals surface area contributed by atoms with E-state index in [0.717, 1.165) is 0 Å². The van der Waals surface area contributed by atoms with Gasteiger partial charge in [-0.15, -0.1) is 11.1 Å². The van der Waals surface area contributed by atoms with Gasteiger partial charge in [0.15, 0.2) is 0 Å². The van der Waals surface area contributed by atoms with Gasteiger partial charge in [-0.2, -0.15) is 0 Å². The van der Waals surface area contributed by atoms with Crippen LogP contribution < -0.4 is 15.6 Å². The van der Waals surface area contributed by atoms with E-state index in [-0.39, 0.29) is 0 Å². The summed E-state index contributed by atoms with van der Waals surface area (Å²) in [6.07, 6.45) is 0. The number of hydrogen-bond donors (Lipinski definition) is 0. The van der Waals surface area contributed by atoms with E-state index in [0.29, 0.717) is 0 Å². The molecule has 0 N–H and O–H groups in total. The van der Waals surface area contributed by atoms with Crippen molar-refractivity contribution in [2.45, 2.75) is 41.5 Å². The summed E-state index contributed by atoms with van der Waals surface area (Å²) in [5.74, 6) is 0. The van der Waals surface area contributed by atoms with Crippen molar-refractivity contribution < 1.29 is 0 Å². The van der Waals surface area contributed by atoms with Crippen LogP contribution in [0.4, 0.5) is 0 Å². The Morgan fingerprint density at radius 1 is 0.341 bits per heavy atom. The molecule has 0 heterocycles. The predicted molar refractivity (Wildman–Crippen MR) is 195 cm³/mol. The molecule has 0 aliphatic rings. The van der Waals surface area contributed by atoms with E-state index in [1.165, 1.54) is 82.3 Å². The zero-order valence-electron chi connectivity index (χ0n) is 26.5. The van der Waals surface area contributed by atoms with Crippen LogP contribution in [0, 0.1) is 41.5 Å². The summed E-state index contributed by atoms with van der Waals surface area (Å²) in [5, 5.41) is 3.90. The Kier molecular flexibility index (Phi) is 8.20. The van der Waals surface area contributed by atoms with Crippen LogP contribution in [-0.2, 0) is 0 Å². The van der Waals surface area contributed by atoms with Gasteiger partial charge < -0.3 is 0 Å². The van der Waals surface area contributed by atoms with Gasteiger partial charge in [-0.1, -0.05) is 127 Å². The third kappa shape index (κ3) is 5.05. The fourth-order valence-corrected chi connectivity index (χ4v) is 14.5. The van der Waals surface area contributed by atoms with E-state index in [4.69, 9.17) is 11.1 Å². The molecule has 0 spiro atoms. The first-order valence-electron chi connectivity index (χ1n) is 15.4. The van der Waals surface area contributed by atoms with Crippen LogP contribution in [-0.4, -0.2) is 7.38 Å². The molecule has 0 atom stereocenters. The van der Waals surface area contributed by atoms with Crippen molar-refractivity contribution in [3.63, 3.8) is 0 Å². The largest absolute Gasteiger partial charge is 0.249 e. The van der Waals surface area contributed by atoms with E-state index >= 15 is 0 Å². The first-order chi connectivity index (χ1) is 21.2. The summed E-state index contributed by atoms with van der Waals surface area (Å²) >= 11 is 8.66. The molecule has 0 aromatic heterocycles. The van der Waals surface area contributed by atoms with Crippen LogP contribution in [0.25, 0.3) is 33.4 Å². The van der Waals surface area contributed by atoms with E-state index in [1.54, 1.807) is 0 Å². The first kappa shape index (κ1) is 29.9. The van der Waals surface area contributed by atoms with Crippen LogP contribution in [0.5, 0.6) is 0 Å². The average molecular weight is 607 g/mol. The minimum absolute atomic E-state index is 1.22. The number of hydrogen-bond acceptors (Lipinski definition) is 0. The maximum atomic E-state index is 8.66. The van der Waals surface area contributed by atoms with Crippen molar-refractivity contribution in [2.24, 2.45) is 0 Å². The Morgan fingerprint density at radius 2 is 0.591 bits per heavy atom. The molecule has 6 rings (SSSR count). The van der Waals surface area contributed by atoms with E-state index < -0.39 is 7.38 Å². The molecule has 2 heteroatoms. The molecule has 0 bridgehead atoms. The summed E-state index contributed by atoms with van der Waals surface area (Å²) in [6, 6.07) is 45.9. The Labute approximate surface area is 268 Å². The predicted octanol–water partition coefficient (Wildman–Crippen LogP) is 9.74. The zero-order chi connectivity index (χ0) is 31.0. The van der Waals surface area contributed by atoms with Crippen LogP contribution in [0.1, 0.15) is 33.4 Å². The minimum Gasteiger partial charge on any atom is -0.149 e. The molecule has 218 valence electrons. The summed E-state index contributed by atoms with van der Waals surface area (Å²) in [6.45, 7) is 13.6. The highest BCUT2D eigenvalue weighted by molar-refractivity contribution is 7.41. The van der Waals surface area contributed by atoms with Gasteiger partial charge >= 0.3 is 0 Å². The van der Waals surface area contributed by atoms with Crippen molar-refractivity contribution in [1.82, 2.24) is 0 Å². The van der Waals surface area contributed by atoms with Crippen LogP contribution in [0.2, 0.25) is 0 Å². The van der Waals surface area contributed by atoms with Gasteiger partial charge in [0.05, 0.1) is 0 Å². The number of rotatable bonds is 6.